The highest BCUT2D eigenvalue weighted by Crippen LogP contribution is 2.23. The number of amides is 2. The number of aromatic nitrogens is 2. The predicted octanol–water partition coefficient (Wildman–Crippen LogP) is 1.82. The molecule has 1 unspecified atom stereocenters. The Bertz CT molecular complexity index is 704. The molecule has 1 aromatic heterocycles. The summed E-state index contributed by atoms with van der Waals surface area (Å²) in [7, 11) is 0. The molecule has 0 bridgehead atoms. The van der Waals surface area contributed by atoms with E-state index in [1.54, 1.807) is 0 Å². The van der Waals surface area contributed by atoms with Crippen LogP contribution in [0.2, 0.25) is 0 Å². The van der Waals surface area contributed by atoms with Gasteiger partial charge in [-0.25, -0.2) is 4.79 Å². The van der Waals surface area contributed by atoms with E-state index in [9.17, 15) is 9.59 Å². The number of carbonyl (C=O) groups is 2. The molecule has 3 rings (SSSR count). The first kappa shape index (κ1) is 15.4. The monoisotopic (exact) mass is 332 g/mol. The number of carbonyl (C=O) groups excluding carboxylic acids is 1. The highest BCUT2D eigenvalue weighted by Gasteiger charge is 2.30. The number of urea groups is 1. The molecule has 1 fully saturated rings. The summed E-state index contributed by atoms with van der Waals surface area (Å²) in [4.78, 5) is 24.5. The summed E-state index contributed by atoms with van der Waals surface area (Å²) in [5.41, 5.74) is 0.992. The van der Waals surface area contributed by atoms with Gasteiger partial charge < -0.3 is 15.3 Å². The van der Waals surface area contributed by atoms with Gasteiger partial charge in [-0.2, -0.15) is 0 Å². The molecule has 1 aliphatic rings. The zero-order chi connectivity index (χ0) is 16.2. The normalized spacial score (nSPS) is 17.2. The van der Waals surface area contributed by atoms with Crippen molar-refractivity contribution in [3.63, 3.8) is 0 Å². The smallest absolute Gasteiger partial charge is 0.317 e. The molecule has 2 amide bonds. The molecular weight excluding hydrogens is 316 g/mol. The van der Waals surface area contributed by atoms with Gasteiger partial charge in [-0.05, 0) is 6.42 Å². The quantitative estimate of drug-likeness (QED) is 0.890. The number of carboxylic acids is 1. The van der Waals surface area contributed by atoms with E-state index in [4.69, 9.17) is 5.11 Å². The third kappa shape index (κ3) is 3.65. The summed E-state index contributed by atoms with van der Waals surface area (Å²) in [5.74, 6) is -1.32. The Hall–Kier alpha value is -2.48. The molecule has 120 valence electrons. The molecule has 1 atom stereocenters. The van der Waals surface area contributed by atoms with E-state index in [1.807, 2.05) is 30.3 Å². The van der Waals surface area contributed by atoms with Gasteiger partial charge in [0.2, 0.25) is 0 Å². The van der Waals surface area contributed by atoms with Gasteiger partial charge in [0.25, 0.3) is 0 Å². The summed E-state index contributed by atoms with van der Waals surface area (Å²) >= 11 is 1.43. The van der Waals surface area contributed by atoms with Crippen molar-refractivity contribution in [2.75, 3.05) is 13.1 Å². The Morgan fingerprint density at radius 3 is 2.78 bits per heavy atom. The van der Waals surface area contributed by atoms with E-state index >= 15 is 0 Å². The number of aliphatic carboxylic acids is 1. The average Bonchev–Trinajstić information content (AvgIpc) is 3.23. The zero-order valence-corrected chi connectivity index (χ0v) is 13.1. The van der Waals surface area contributed by atoms with Gasteiger partial charge in [0.1, 0.15) is 10.0 Å². The van der Waals surface area contributed by atoms with Crippen molar-refractivity contribution in [2.24, 2.45) is 5.92 Å². The summed E-state index contributed by atoms with van der Waals surface area (Å²) < 4.78 is 0. The Morgan fingerprint density at radius 1 is 1.30 bits per heavy atom. The molecule has 0 radical (unpaired) electrons. The third-order valence-corrected chi connectivity index (χ3v) is 4.68. The minimum Gasteiger partial charge on any atom is -0.481 e. The lowest BCUT2D eigenvalue weighted by Crippen LogP contribution is -2.38. The van der Waals surface area contributed by atoms with Crippen LogP contribution >= 0.6 is 11.3 Å². The second-order valence-corrected chi connectivity index (χ2v) is 6.36. The predicted molar refractivity (Wildman–Crippen MR) is 84.9 cm³/mol. The zero-order valence-electron chi connectivity index (χ0n) is 12.3. The van der Waals surface area contributed by atoms with Gasteiger partial charge in [-0.15, -0.1) is 10.2 Å². The molecule has 1 saturated heterocycles. The maximum absolute atomic E-state index is 12.0. The largest absolute Gasteiger partial charge is 0.481 e. The molecule has 0 spiro atoms. The number of nitrogens with one attached hydrogen (secondary N) is 1. The van der Waals surface area contributed by atoms with Crippen LogP contribution in [0, 0.1) is 5.92 Å². The number of nitrogens with zero attached hydrogens (tertiary/aromatic N) is 3. The SMILES string of the molecule is O=C(O)C1CCN(C(=O)NCc2nnc(-c3ccccc3)s2)C1. The first-order valence-electron chi connectivity index (χ1n) is 7.27. The van der Waals surface area contributed by atoms with E-state index in [-0.39, 0.29) is 19.1 Å². The lowest BCUT2D eigenvalue weighted by Gasteiger charge is -2.15. The van der Waals surface area contributed by atoms with Crippen LogP contribution in [-0.2, 0) is 11.3 Å². The maximum Gasteiger partial charge on any atom is 0.317 e. The van der Waals surface area contributed by atoms with E-state index in [1.165, 1.54) is 16.2 Å². The molecule has 23 heavy (non-hydrogen) atoms. The Kier molecular flexibility index (Phi) is 4.52. The van der Waals surface area contributed by atoms with Crippen molar-refractivity contribution in [1.82, 2.24) is 20.4 Å². The summed E-state index contributed by atoms with van der Waals surface area (Å²) in [6, 6.07) is 9.46. The second-order valence-electron chi connectivity index (χ2n) is 5.30. The number of carboxylic acid groups (broad SMARTS) is 1. The average molecular weight is 332 g/mol. The van der Waals surface area contributed by atoms with Crippen LogP contribution in [-0.4, -0.2) is 45.3 Å². The topological polar surface area (TPSA) is 95.4 Å². The fourth-order valence-electron chi connectivity index (χ4n) is 2.43. The minimum absolute atomic E-state index is 0.256. The molecule has 2 heterocycles. The second kappa shape index (κ2) is 6.74. The van der Waals surface area contributed by atoms with Gasteiger partial charge in [0.05, 0.1) is 12.5 Å². The van der Waals surface area contributed by atoms with Gasteiger partial charge >= 0.3 is 12.0 Å². The Labute approximate surface area is 137 Å². The van der Waals surface area contributed by atoms with Gasteiger partial charge in [-0.3, -0.25) is 4.79 Å². The lowest BCUT2D eigenvalue weighted by atomic mass is 10.1. The number of rotatable bonds is 4. The highest BCUT2D eigenvalue weighted by atomic mass is 32.1. The molecule has 1 aromatic carbocycles. The minimum atomic E-state index is -0.850. The fraction of sp³-hybridized carbons (Fsp3) is 0.333. The number of hydrogen-bond donors (Lipinski definition) is 2. The van der Waals surface area contributed by atoms with Crippen LogP contribution in [0.1, 0.15) is 11.4 Å². The van der Waals surface area contributed by atoms with Crippen LogP contribution in [0.3, 0.4) is 0 Å². The van der Waals surface area contributed by atoms with Crippen molar-refractivity contribution >= 4 is 23.3 Å². The Balaban J connectivity index is 1.54. The fourth-order valence-corrected chi connectivity index (χ4v) is 3.22. The molecule has 0 aliphatic carbocycles. The first-order chi connectivity index (χ1) is 11.1. The molecule has 8 heteroatoms. The molecule has 2 aromatic rings. The number of likely N-dealkylation sites (tertiary alicyclic amines) is 1. The Morgan fingerprint density at radius 2 is 2.09 bits per heavy atom. The first-order valence-corrected chi connectivity index (χ1v) is 8.08. The van der Waals surface area contributed by atoms with Crippen LogP contribution in [0.4, 0.5) is 4.79 Å². The van der Waals surface area contributed by atoms with Crippen molar-refractivity contribution in [2.45, 2.75) is 13.0 Å². The van der Waals surface area contributed by atoms with Crippen LogP contribution < -0.4 is 5.32 Å². The standard InChI is InChI=1S/C15H16N4O3S/c20-14(21)11-6-7-19(9-11)15(22)16-8-12-17-18-13(23-12)10-4-2-1-3-5-10/h1-5,11H,6-9H2,(H,16,22)(H,20,21). The van der Waals surface area contributed by atoms with Crippen molar-refractivity contribution < 1.29 is 14.7 Å². The third-order valence-electron chi connectivity index (χ3n) is 3.70. The van der Waals surface area contributed by atoms with Crippen molar-refractivity contribution in [1.29, 1.82) is 0 Å². The van der Waals surface area contributed by atoms with E-state index in [0.717, 1.165) is 10.6 Å². The summed E-state index contributed by atoms with van der Waals surface area (Å²) in [5, 5.41) is 21.4. The lowest BCUT2D eigenvalue weighted by molar-refractivity contribution is -0.141. The number of benzene rings is 1. The van der Waals surface area contributed by atoms with Crippen molar-refractivity contribution in [3.05, 3.63) is 35.3 Å². The summed E-state index contributed by atoms with van der Waals surface area (Å²) in [6.07, 6.45) is 0.500. The van der Waals surface area contributed by atoms with E-state index < -0.39 is 11.9 Å². The molecular formula is C15H16N4O3S. The van der Waals surface area contributed by atoms with Gasteiger partial charge in [0, 0.05) is 18.7 Å². The van der Waals surface area contributed by atoms with Gasteiger partial charge in [0.15, 0.2) is 0 Å². The molecule has 2 N–H and O–H groups in total. The molecule has 0 saturated carbocycles. The molecule has 1 aliphatic heterocycles. The molecule has 7 nitrogen and oxygen atoms in total. The van der Waals surface area contributed by atoms with E-state index in [2.05, 4.69) is 15.5 Å². The number of hydrogen-bond acceptors (Lipinski definition) is 5. The van der Waals surface area contributed by atoms with E-state index in [0.29, 0.717) is 18.0 Å². The van der Waals surface area contributed by atoms with Gasteiger partial charge in [-0.1, -0.05) is 41.7 Å². The van der Waals surface area contributed by atoms with Crippen LogP contribution in [0.15, 0.2) is 30.3 Å². The van der Waals surface area contributed by atoms with Crippen LogP contribution in [0.25, 0.3) is 10.6 Å². The van der Waals surface area contributed by atoms with Crippen LogP contribution in [0.5, 0.6) is 0 Å². The van der Waals surface area contributed by atoms with Crippen molar-refractivity contribution in [3.8, 4) is 10.6 Å². The maximum atomic E-state index is 12.0. The summed E-state index contributed by atoms with van der Waals surface area (Å²) in [6.45, 7) is 1.01. The highest BCUT2D eigenvalue weighted by molar-refractivity contribution is 7.14.